The van der Waals surface area contributed by atoms with E-state index in [-0.39, 0.29) is 23.3 Å². The molecule has 0 bridgehead atoms. The molecule has 2 aromatic carbocycles. The number of allylic oxidation sites excluding steroid dienone is 1. The Morgan fingerprint density at radius 3 is 2.46 bits per heavy atom. The van der Waals surface area contributed by atoms with Crippen molar-refractivity contribution in [3.8, 4) is 17.6 Å². The number of nitrogens with zero attached hydrogens (tertiary/aromatic N) is 4. The zero-order valence-corrected chi connectivity index (χ0v) is 15.4. The van der Waals surface area contributed by atoms with Gasteiger partial charge < -0.3 is 20.5 Å². The van der Waals surface area contributed by atoms with E-state index in [0.29, 0.717) is 11.5 Å². The van der Waals surface area contributed by atoms with Gasteiger partial charge in [-0.2, -0.15) is 20.2 Å². The van der Waals surface area contributed by atoms with E-state index in [1.54, 1.807) is 38.5 Å². The number of nitrogens with two attached hydrogens (primary N) is 1. The molecule has 0 aliphatic heterocycles. The summed E-state index contributed by atoms with van der Waals surface area (Å²) in [7, 11) is 3.10. The van der Waals surface area contributed by atoms with E-state index in [0.717, 1.165) is 11.3 Å². The summed E-state index contributed by atoms with van der Waals surface area (Å²) in [5.41, 5.74) is 7.56. The minimum atomic E-state index is 0.0110. The van der Waals surface area contributed by atoms with Crippen molar-refractivity contribution in [2.24, 2.45) is 0 Å². The van der Waals surface area contributed by atoms with Crippen LogP contribution in [-0.2, 0) is 0 Å². The van der Waals surface area contributed by atoms with Crippen molar-refractivity contribution in [2.45, 2.75) is 0 Å². The summed E-state index contributed by atoms with van der Waals surface area (Å²) in [5.74, 6) is 1.58. The molecule has 1 heterocycles. The summed E-state index contributed by atoms with van der Waals surface area (Å²) in [5, 5.41) is 12.6. The number of methoxy groups -OCH3 is 2. The fourth-order valence-electron chi connectivity index (χ4n) is 2.48. The Morgan fingerprint density at radius 1 is 1.04 bits per heavy atom. The average Bonchev–Trinajstić information content (AvgIpc) is 2.72. The highest BCUT2D eigenvalue weighted by atomic mass is 16.5. The lowest BCUT2D eigenvalue weighted by atomic mass is 10.1. The Bertz CT molecular complexity index is 1040. The Labute approximate surface area is 162 Å². The molecule has 0 aliphatic carbocycles. The van der Waals surface area contributed by atoms with Gasteiger partial charge >= 0.3 is 0 Å². The Morgan fingerprint density at radius 2 is 1.79 bits per heavy atom. The van der Waals surface area contributed by atoms with Gasteiger partial charge in [0.25, 0.3) is 0 Å². The highest BCUT2D eigenvalue weighted by Crippen LogP contribution is 2.29. The summed E-state index contributed by atoms with van der Waals surface area (Å²) in [6.45, 7) is 0. The highest BCUT2D eigenvalue weighted by molar-refractivity contribution is 5.87. The third kappa shape index (κ3) is 4.34. The summed E-state index contributed by atoms with van der Waals surface area (Å²) >= 11 is 0. The van der Waals surface area contributed by atoms with Crippen LogP contribution in [0.3, 0.4) is 0 Å². The molecule has 0 spiro atoms. The zero-order chi connectivity index (χ0) is 19.9. The van der Waals surface area contributed by atoms with Gasteiger partial charge in [-0.3, -0.25) is 0 Å². The molecule has 140 valence electrons. The van der Waals surface area contributed by atoms with Crippen molar-refractivity contribution in [2.75, 3.05) is 25.3 Å². The Hall–Kier alpha value is -4.12. The lowest BCUT2D eigenvalue weighted by Gasteiger charge is -2.08. The number of aromatic nitrogens is 3. The van der Waals surface area contributed by atoms with Crippen molar-refractivity contribution in [1.29, 1.82) is 5.26 Å². The van der Waals surface area contributed by atoms with Gasteiger partial charge in [0.2, 0.25) is 11.9 Å². The second kappa shape index (κ2) is 8.51. The van der Waals surface area contributed by atoms with Gasteiger partial charge in [0.05, 0.1) is 19.8 Å². The molecular formula is C20H18N6O2. The molecule has 0 saturated carbocycles. The van der Waals surface area contributed by atoms with Crippen molar-refractivity contribution in [3.63, 3.8) is 0 Å². The van der Waals surface area contributed by atoms with Crippen LogP contribution in [-0.4, -0.2) is 29.2 Å². The van der Waals surface area contributed by atoms with E-state index in [9.17, 15) is 5.26 Å². The molecule has 0 saturated heterocycles. The fraction of sp³-hybridized carbons (Fsp3) is 0.100. The number of benzene rings is 2. The van der Waals surface area contributed by atoms with E-state index >= 15 is 0 Å². The van der Waals surface area contributed by atoms with Gasteiger partial charge in [0.15, 0.2) is 17.3 Å². The molecule has 3 aromatic rings. The maximum absolute atomic E-state index is 9.60. The minimum Gasteiger partial charge on any atom is -0.493 e. The number of anilines is 3. The molecule has 8 nitrogen and oxygen atoms in total. The number of ether oxygens (including phenoxy) is 2. The molecule has 1 aromatic heterocycles. The normalized spacial score (nSPS) is 10.8. The van der Waals surface area contributed by atoms with E-state index < -0.39 is 0 Å². The third-order valence-electron chi connectivity index (χ3n) is 3.76. The lowest BCUT2D eigenvalue weighted by molar-refractivity contribution is 0.355. The predicted octanol–water partition coefficient (Wildman–Crippen LogP) is 3.28. The van der Waals surface area contributed by atoms with Crippen LogP contribution in [0.25, 0.3) is 11.6 Å². The number of rotatable bonds is 6. The molecule has 0 aliphatic rings. The molecule has 3 N–H and O–H groups in total. The number of para-hydroxylation sites is 1. The van der Waals surface area contributed by atoms with Crippen molar-refractivity contribution >= 4 is 29.2 Å². The second-order valence-corrected chi connectivity index (χ2v) is 5.62. The number of hydrogen-bond donors (Lipinski definition) is 2. The van der Waals surface area contributed by atoms with Crippen molar-refractivity contribution in [1.82, 2.24) is 15.0 Å². The molecule has 0 fully saturated rings. The summed E-state index contributed by atoms with van der Waals surface area (Å²) in [4.78, 5) is 12.5. The van der Waals surface area contributed by atoms with E-state index in [2.05, 4.69) is 26.3 Å². The van der Waals surface area contributed by atoms with Crippen molar-refractivity contribution in [3.05, 3.63) is 59.9 Å². The predicted molar refractivity (Wildman–Crippen MR) is 107 cm³/mol. The molecule has 0 unspecified atom stereocenters. The molecule has 0 amide bonds. The van der Waals surface area contributed by atoms with Crippen LogP contribution in [0.4, 0.5) is 17.6 Å². The van der Waals surface area contributed by atoms with Crippen LogP contribution >= 0.6 is 0 Å². The van der Waals surface area contributed by atoms with E-state index in [1.165, 1.54) is 0 Å². The molecule has 3 rings (SSSR count). The van der Waals surface area contributed by atoms with Crippen LogP contribution in [0.15, 0.2) is 48.5 Å². The Kier molecular flexibility index (Phi) is 5.67. The summed E-state index contributed by atoms with van der Waals surface area (Å²) < 4.78 is 10.5. The van der Waals surface area contributed by atoms with Crippen LogP contribution in [0.5, 0.6) is 11.5 Å². The zero-order valence-electron chi connectivity index (χ0n) is 15.4. The topological polar surface area (TPSA) is 119 Å². The van der Waals surface area contributed by atoms with Crippen molar-refractivity contribution < 1.29 is 9.47 Å². The quantitative estimate of drug-likeness (QED) is 0.631. The first kappa shape index (κ1) is 18.7. The molecule has 0 radical (unpaired) electrons. The number of nitrogen functional groups attached to an aromatic ring is 1. The van der Waals surface area contributed by atoms with Crippen LogP contribution in [0.2, 0.25) is 0 Å². The van der Waals surface area contributed by atoms with Gasteiger partial charge in [-0.1, -0.05) is 24.3 Å². The standard InChI is InChI=1S/C20H18N6O2/c1-27-16-9-8-13(11-17(16)28-2)10-14(12-21)18-24-19(22)26-20(25-18)23-15-6-4-3-5-7-15/h3-11H,1-2H3,(H3,22,23,24,25,26). The largest absolute Gasteiger partial charge is 0.493 e. The maximum Gasteiger partial charge on any atom is 0.232 e. The number of hydrogen-bond acceptors (Lipinski definition) is 8. The fourth-order valence-corrected chi connectivity index (χ4v) is 2.48. The monoisotopic (exact) mass is 374 g/mol. The van der Waals surface area contributed by atoms with E-state index in [1.807, 2.05) is 30.3 Å². The van der Waals surface area contributed by atoms with Crippen LogP contribution in [0.1, 0.15) is 11.4 Å². The highest BCUT2D eigenvalue weighted by Gasteiger charge is 2.11. The lowest BCUT2D eigenvalue weighted by Crippen LogP contribution is -2.06. The molecular weight excluding hydrogens is 356 g/mol. The van der Waals surface area contributed by atoms with Gasteiger partial charge in [0, 0.05) is 5.69 Å². The maximum atomic E-state index is 9.60. The Balaban J connectivity index is 1.96. The first-order valence-corrected chi connectivity index (χ1v) is 8.30. The van der Waals surface area contributed by atoms with Gasteiger partial charge in [0.1, 0.15) is 6.07 Å². The van der Waals surface area contributed by atoms with E-state index in [4.69, 9.17) is 15.2 Å². The minimum absolute atomic E-state index is 0.0110. The van der Waals surface area contributed by atoms with Gasteiger partial charge in [-0.25, -0.2) is 0 Å². The molecule has 0 atom stereocenters. The van der Waals surface area contributed by atoms with Crippen LogP contribution in [0, 0.1) is 11.3 Å². The number of nitrogens with one attached hydrogen (secondary N) is 1. The first-order valence-electron chi connectivity index (χ1n) is 8.30. The average molecular weight is 374 g/mol. The number of nitriles is 1. The smallest absolute Gasteiger partial charge is 0.232 e. The summed E-state index contributed by atoms with van der Waals surface area (Å²) in [6, 6.07) is 16.8. The van der Waals surface area contributed by atoms with Crippen LogP contribution < -0.4 is 20.5 Å². The molecule has 28 heavy (non-hydrogen) atoms. The van der Waals surface area contributed by atoms with Gasteiger partial charge in [-0.05, 0) is 35.9 Å². The van der Waals surface area contributed by atoms with Gasteiger partial charge in [-0.15, -0.1) is 0 Å². The second-order valence-electron chi connectivity index (χ2n) is 5.62. The third-order valence-corrected chi connectivity index (χ3v) is 3.76. The first-order chi connectivity index (χ1) is 13.6. The SMILES string of the molecule is COc1ccc(C=C(C#N)c2nc(N)nc(Nc3ccccc3)n2)cc1OC. The summed E-state index contributed by atoms with van der Waals surface area (Å²) in [6.07, 6.45) is 1.64. The molecule has 8 heteroatoms.